The Morgan fingerprint density at radius 1 is 1.03 bits per heavy atom. The normalized spacial score (nSPS) is 13.5. The highest BCUT2D eigenvalue weighted by Gasteiger charge is 2.25. The molecule has 0 atom stereocenters. The fraction of sp³-hybridized carbons (Fsp3) is 0.318. The third-order valence-corrected chi connectivity index (χ3v) is 4.98. The second kappa shape index (κ2) is 9.84. The minimum Gasteiger partial charge on any atom is -0.497 e. The van der Waals surface area contributed by atoms with Crippen LogP contribution in [-0.2, 0) is 4.74 Å². The van der Waals surface area contributed by atoms with Crippen LogP contribution in [0, 0.1) is 0 Å². The molecule has 0 saturated carbocycles. The highest BCUT2D eigenvalue weighted by Crippen LogP contribution is 2.26. The molecule has 2 amide bonds. The zero-order chi connectivity index (χ0) is 22.4. The first kappa shape index (κ1) is 21.9. The number of hydrogen-bond donors (Lipinski definition) is 2. The number of benzene rings is 2. The van der Waals surface area contributed by atoms with Gasteiger partial charge in [0, 0.05) is 37.4 Å². The highest BCUT2D eigenvalue weighted by molar-refractivity contribution is 6.05. The Morgan fingerprint density at radius 2 is 1.71 bits per heavy atom. The molecule has 31 heavy (non-hydrogen) atoms. The van der Waals surface area contributed by atoms with Gasteiger partial charge in [-0.15, -0.1) is 0 Å². The molecule has 3 rings (SSSR count). The molecule has 1 fully saturated rings. The number of hydrogen-bond acceptors (Lipinski definition) is 6. The summed E-state index contributed by atoms with van der Waals surface area (Å²) in [4.78, 5) is 39.7. The second-order valence-electron chi connectivity index (χ2n) is 6.89. The summed E-state index contributed by atoms with van der Waals surface area (Å²) in [7, 11) is 1.54. The third kappa shape index (κ3) is 5.25. The molecule has 0 radical (unpaired) electrons. The number of methoxy groups -OCH3 is 1. The van der Waals surface area contributed by atoms with Gasteiger partial charge in [-0.3, -0.25) is 4.79 Å². The van der Waals surface area contributed by atoms with Gasteiger partial charge in [0.25, 0.3) is 5.91 Å². The van der Waals surface area contributed by atoms with Crippen LogP contribution >= 0.6 is 0 Å². The smallest absolute Gasteiger partial charge is 0.409 e. The first-order chi connectivity index (χ1) is 14.9. The Bertz CT molecular complexity index is 952. The number of piperazine rings is 1. The van der Waals surface area contributed by atoms with Crippen molar-refractivity contribution in [1.82, 2.24) is 4.90 Å². The van der Waals surface area contributed by atoms with Gasteiger partial charge < -0.3 is 29.7 Å². The van der Waals surface area contributed by atoms with Gasteiger partial charge in [0.05, 0.1) is 25.0 Å². The second-order valence-corrected chi connectivity index (χ2v) is 6.89. The van der Waals surface area contributed by atoms with Crippen LogP contribution in [0.5, 0.6) is 5.75 Å². The van der Waals surface area contributed by atoms with Gasteiger partial charge in [-0.05, 0) is 49.4 Å². The van der Waals surface area contributed by atoms with E-state index in [-0.39, 0.29) is 17.6 Å². The first-order valence-corrected chi connectivity index (χ1v) is 9.92. The van der Waals surface area contributed by atoms with E-state index in [1.54, 1.807) is 55.3 Å². The average Bonchev–Trinajstić information content (AvgIpc) is 2.79. The molecule has 1 aliphatic heterocycles. The lowest BCUT2D eigenvalue weighted by Crippen LogP contribution is -2.49. The number of carbonyl (C=O) groups excluding carboxylic acids is 2. The summed E-state index contributed by atoms with van der Waals surface area (Å²) in [5, 5.41) is 12.4. The molecule has 1 saturated heterocycles. The van der Waals surface area contributed by atoms with Crippen molar-refractivity contribution in [3.8, 4) is 5.75 Å². The van der Waals surface area contributed by atoms with Crippen LogP contribution in [0.2, 0.25) is 0 Å². The molecule has 1 heterocycles. The predicted octanol–water partition coefficient (Wildman–Crippen LogP) is 2.92. The van der Waals surface area contributed by atoms with Crippen molar-refractivity contribution in [2.45, 2.75) is 6.92 Å². The Morgan fingerprint density at radius 3 is 2.29 bits per heavy atom. The molecule has 0 spiro atoms. The van der Waals surface area contributed by atoms with Crippen LogP contribution in [0.4, 0.5) is 16.2 Å². The summed E-state index contributed by atoms with van der Waals surface area (Å²) in [5.74, 6) is -0.810. The van der Waals surface area contributed by atoms with Crippen LogP contribution in [0.25, 0.3) is 0 Å². The number of carboxylic acids is 1. The highest BCUT2D eigenvalue weighted by atomic mass is 16.6. The number of nitrogens with zero attached hydrogens (tertiary/aromatic N) is 2. The van der Waals surface area contributed by atoms with Gasteiger partial charge in [-0.2, -0.15) is 0 Å². The SMILES string of the molecule is CCOC(=O)N1CCN(c2ccc(NC(=O)c3ccc(OC)cc3)cc2C(=O)O)CC1. The van der Waals surface area contributed by atoms with E-state index in [1.165, 1.54) is 6.07 Å². The molecule has 0 bridgehead atoms. The van der Waals surface area contributed by atoms with Gasteiger partial charge in [0.15, 0.2) is 0 Å². The standard InChI is InChI=1S/C22H25N3O6/c1-3-31-22(29)25-12-10-24(11-13-25)19-9-6-16(14-18(19)21(27)28)23-20(26)15-4-7-17(30-2)8-5-15/h4-9,14H,3,10-13H2,1-2H3,(H,23,26)(H,27,28). The van der Waals surface area contributed by atoms with E-state index in [9.17, 15) is 19.5 Å². The van der Waals surface area contributed by atoms with Crippen LogP contribution in [-0.4, -0.2) is 67.9 Å². The quantitative estimate of drug-likeness (QED) is 0.730. The van der Waals surface area contributed by atoms with E-state index >= 15 is 0 Å². The Labute approximate surface area is 180 Å². The van der Waals surface area contributed by atoms with Crippen molar-refractivity contribution < 1.29 is 29.0 Å². The summed E-state index contributed by atoms with van der Waals surface area (Å²) in [5.41, 5.74) is 1.43. The molecule has 1 aliphatic rings. The van der Waals surface area contributed by atoms with E-state index in [0.29, 0.717) is 55.5 Å². The molecule has 164 valence electrons. The Hall–Kier alpha value is -3.75. The van der Waals surface area contributed by atoms with Crippen LogP contribution < -0.4 is 15.0 Å². The summed E-state index contributed by atoms with van der Waals surface area (Å²) in [6.45, 7) is 3.91. The van der Waals surface area contributed by atoms with E-state index in [2.05, 4.69) is 5.32 Å². The van der Waals surface area contributed by atoms with Crippen molar-refractivity contribution >= 4 is 29.3 Å². The van der Waals surface area contributed by atoms with Crippen molar-refractivity contribution in [1.29, 1.82) is 0 Å². The topological polar surface area (TPSA) is 108 Å². The van der Waals surface area contributed by atoms with E-state index in [4.69, 9.17) is 9.47 Å². The summed E-state index contributed by atoms with van der Waals surface area (Å²) < 4.78 is 10.1. The zero-order valence-corrected chi connectivity index (χ0v) is 17.5. The Kier molecular flexibility index (Phi) is 6.96. The number of anilines is 2. The fourth-order valence-corrected chi connectivity index (χ4v) is 3.35. The average molecular weight is 427 g/mol. The van der Waals surface area contributed by atoms with Gasteiger partial charge in [-0.1, -0.05) is 0 Å². The number of rotatable bonds is 6. The molecule has 0 aliphatic carbocycles. The van der Waals surface area contributed by atoms with Crippen LogP contribution in [0.1, 0.15) is 27.6 Å². The molecule has 2 N–H and O–H groups in total. The van der Waals surface area contributed by atoms with Crippen LogP contribution in [0.15, 0.2) is 42.5 Å². The molecule has 9 heteroatoms. The monoisotopic (exact) mass is 427 g/mol. The first-order valence-electron chi connectivity index (χ1n) is 9.92. The number of ether oxygens (including phenoxy) is 2. The number of amides is 2. The van der Waals surface area contributed by atoms with E-state index in [0.717, 1.165) is 0 Å². The van der Waals surface area contributed by atoms with Crippen molar-refractivity contribution in [3.63, 3.8) is 0 Å². The maximum Gasteiger partial charge on any atom is 0.409 e. The Balaban J connectivity index is 1.72. The summed E-state index contributed by atoms with van der Waals surface area (Å²) >= 11 is 0. The van der Waals surface area contributed by atoms with Crippen molar-refractivity contribution in [2.24, 2.45) is 0 Å². The molecular weight excluding hydrogens is 402 g/mol. The summed E-state index contributed by atoms with van der Waals surface area (Å²) in [6, 6.07) is 11.4. The van der Waals surface area contributed by atoms with E-state index in [1.807, 2.05) is 4.90 Å². The number of carbonyl (C=O) groups is 3. The number of nitrogens with one attached hydrogen (secondary N) is 1. The third-order valence-electron chi connectivity index (χ3n) is 4.98. The maximum atomic E-state index is 12.5. The number of aromatic carboxylic acids is 1. The largest absolute Gasteiger partial charge is 0.497 e. The van der Waals surface area contributed by atoms with Gasteiger partial charge in [-0.25, -0.2) is 9.59 Å². The predicted molar refractivity (Wildman–Crippen MR) is 115 cm³/mol. The molecule has 0 aromatic heterocycles. The molecule has 2 aromatic carbocycles. The van der Waals surface area contributed by atoms with Gasteiger partial charge in [0.1, 0.15) is 5.75 Å². The van der Waals surface area contributed by atoms with Gasteiger partial charge >= 0.3 is 12.1 Å². The molecule has 2 aromatic rings. The molecule has 9 nitrogen and oxygen atoms in total. The minimum absolute atomic E-state index is 0.0807. The fourth-order valence-electron chi connectivity index (χ4n) is 3.35. The van der Waals surface area contributed by atoms with Crippen molar-refractivity contribution in [2.75, 3.05) is 50.1 Å². The van der Waals surface area contributed by atoms with Crippen molar-refractivity contribution in [3.05, 3.63) is 53.6 Å². The maximum absolute atomic E-state index is 12.5. The zero-order valence-electron chi connectivity index (χ0n) is 17.5. The van der Waals surface area contributed by atoms with E-state index < -0.39 is 5.97 Å². The molecular formula is C22H25N3O6. The lowest BCUT2D eigenvalue weighted by atomic mass is 10.1. The minimum atomic E-state index is -1.09. The van der Waals surface area contributed by atoms with Gasteiger partial charge in [0.2, 0.25) is 0 Å². The summed E-state index contributed by atoms with van der Waals surface area (Å²) in [6.07, 6.45) is -0.364. The number of carboxylic acid groups (broad SMARTS) is 1. The lowest BCUT2D eigenvalue weighted by Gasteiger charge is -2.36. The lowest BCUT2D eigenvalue weighted by molar-refractivity contribution is 0.0696. The molecule has 0 unspecified atom stereocenters. The van der Waals surface area contributed by atoms with Crippen LogP contribution in [0.3, 0.4) is 0 Å².